The third-order valence-electron chi connectivity index (χ3n) is 3.66. The minimum absolute atomic E-state index is 0.0729. The van der Waals surface area contributed by atoms with E-state index in [1.807, 2.05) is 0 Å². The Hall–Kier alpha value is -4.48. The van der Waals surface area contributed by atoms with E-state index in [2.05, 4.69) is 4.99 Å². The number of non-ortho nitro benzene ring substituents is 2. The highest BCUT2D eigenvalue weighted by Gasteiger charge is 2.26. The molecule has 0 unspecified atom stereocenters. The van der Waals surface area contributed by atoms with Crippen molar-refractivity contribution in [3.8, 4) is 0 Å². The highest BCUT2D eigenvalue weighted by atomic mass is 16.6. The smallest absolute Gasteiger partial charge is 0.363 e. The second-order valence-corrected chi connectivity index (χ2v) is 5.40. The molecule has 0 aromatic heterocycles. The summed E-state index contributed by atoms with van der Waals surface area (Å²) in [5, 5.41) is 32.6. The van der Waals surface area contributed by atoms with Crippen LogP contribution in [0.4, 0.5) is 17.1 Å². The van der Waals surface area contributed by atoms with Crippen molar-refractivity contribution in [3.05, 3.63) is 89.6 Å². The molecule has 0 amide bonds. The predicted molar refractivity (Wildman–Crippen MR) is 93.5 cm³/mol. The van der Waals surface area contributed by atoms with Crippen molar-refractivity contribution in [3.63, 3.8) is 0 Å². The zero-order chi connectivity index (χ0) is 20.4. The van der Waals surface area contributed by atoms with E-state index < -0.39 is 32.1 Å². The second kappa shape index (κ2) is 7.03. The van der Waals surface area contributed by atoms with Crippen LogP contribution in [-0.4, -0.2) is 26.6 Å². The molecule has 3 rings (SSSR count). The fourth-order valence-electron chi connectivity index (χ4n) is 2.33. The molecule has 0 atom stereocenters. The van der Waals surface area contributed by atoms with Gasteiger partial charge in [0.05, 0.1) is 26.4 Å². The molecule has 1 aliphatic heterocycles. The topological polar surface area (TPSA) is 168 Å². The number of hydrogen-bond acceptors (Lipinski definition) is 9. The van der Waals surface area contributed by atoms with E-state index in [0.29, 0.717) is 5.56 Å². The van der Waals surface area contributed by atoms with E-state index in [0.717, 1.165) is 24.3 Å². The third-order valence-corrected chi connectivity index (χ3v) is 3.66. The summed E-state index contributed by atoms with van der Waals surface area (Å²) in [5.74, 6) is -1.02. The van der Waals surface area contributed by atoms with Gasteiger partial charge in [-0.3, -0.25) is 30.3 Å². The van der Waals surface area contributed by atoms with Crippen LogP contribution in [0.25, 0.3) is 6.08 Å². The standard InChI is InChI=1S/C16H8N4O8/c21-16-13(7-10-3-6-12(19(24)25)8-14(10)20(26)27)17-15(28-16)9-1-4-11(5-2-9)18(22)23/h1-8H/b13-7-. The van der Waals surface area contributed by atoms with Crippen LogP contribution in [0.15, 0.2) is 53.2 Å². The first-order chi connectivity index (χ1) is 13.3. The number of hydrogen-bond donors (Lipinski definition) is 0. The van der Waals surface area contributed by atoms with Crippen LogP contribution in [0, 0.1) is 30.3 Å². The molecule has 0 fully saturated rings. The number of cyclic esters (lactones) is 1. The molecule has 12 heteroatoms. The highest BCUT2D eigenvalue weighted by molar-refractivity contribution is 6.13. The van der Waals surface area contributed by atoms with Crippen LogP contribution in [0.1, 0.15) is 11.1 Å². The lowest BCUT2D eigenvalue weighted by atomic mass is 10.1. The van der Waals surface area contributed by atoms with Gasteiger partial charge < -0.3 is 4.74 Å². The van der Waals surface area contributed by atoms with Gasteiger partial charge in [-0.05, 0) is 24.3 Å². The lowest BCUT2D eigenvalue weighted by molar-refractivity contribution is -0.394. The molecule has 1 aliphatic rings. The first-order valence-corrected chi connectivity index (χ1v) is 7.46. The van der Waals surface area contributed by atoms with Crippen LogP contribution in [0.5, 0.6) is 0 Å². The molecule has 0 bridgehead atoms. The van der Waals surface area contributed by atoms with Crippen molar-refractivity contribution in [2.45, 2.75) is 0 Å². The first kappa shape index (κ1) is 18.3. The summed E-state index contributed by atoms with van der Waals surface area (Å²) in [6.07, 6.45) is 1.07. The fraction of sp³-hybridized carbons (Fsp3) is 0. The Balaban J connectivity index is 1.98. The van der Waals surface area contributed by atoms with Crippen LogP contribution < -0.4 is 0 Å². The summed E-state index contributed by atoms with van der Waals surface area (Å²) >= 11 is 0. The molecule has 0 spiro atoms. The molecular formula is C16H8N4O8. The number of carbonyl (C=O) groups is 1. The quantitative estimate of drug-likeness (QED) is 0.328. The van der Waals surface area contributed by atoms with E-state index in [1.165, 1.54) is 24.3 Å². The molecule has 140 valence electrons. The largest absolute Gasteiger partial charge is 0.402 e. The van der Waals surface area contributed by atoms with Gasteiger partial charge >= 0.3 is 5.97 Å². The lowest BCUT2D eigenvalue weighted by Crippen LogP contribution is -2.05. The Bertz CT molecular complexity index is 1090. The third kappa shape index (κ3) is 3.55. The van der Waals surface area contributed by atoms with Crippen molar-refractivity contribution < 1.29 is 24.3 Å². The Morgan fingerprint density at radius 2 is 1.46 bits per heavy atom. The molecule has 0 N–H and O–H groups in total. The van der Waals surface area contributed by atoms with E-state index in [4.69, 9.17) is 4.74 Å². The summed E-state index contributed by atoms with van der Waals surface area (Å²) in [6, 6.07) is 8.02. The molecule has 28 heavy (non-hydrogen) atoms. The van der Waals surface area contributed by atoms with Gasteiger partial charge in [0.25, 0.3) is 17.1 Å². The summed E-state index contributed by atoms with van der Waals surface area (Å²) in [5.41, 5.74) is -1.25. The molecule has 2 aromatic rings. The number of nitrogens with zero attached hydrogens (tertiary/aromatic N) is 4. The number of carbonyl (C=O) groups excluding carboxylic acids is 1. The molecule has 2 aromatic carbocycles. The van der Waals surface area contributed by atoms with Gasteiger partial charge in [0, 0.05) is 23.8 Å². The van der Waals surface area contributed by atoms with Crippen LogP contribution in [0.2, 0.25) is 0 Å². The van der Waals surface area contributed by atoms with Gasteiger partial charge in [-0.15, -0.1) is 0 Å². The van der Waals surface area contributed by atoms with Crippen molar-refractivity contribution in [1.82, 2.24) is 0 Å². The lowest BCUT2D eigenvalue weighted by Gasteiger charge is -1.98. The average molecular weight is 384 g/mol. The molecule has 12 nitrogen and oxygen atoms in total. The normalized spacial score (nSPS) is 14.5. The Kier molecular flexibility index (Phi) is 4.60. The van der Waals surface area contributed by atoms with Crippen molar-refractivity contribution >= 4 is 35.0 Å². The Morgan fingerprint density at radius 3 is 2.04 bits per heavy atom. The average Bonchev–Trinajstić information content (AvgIpc) is 3.02. The first-order valence-electron chi connectivity index (χ1n) is 7.46. The van der Waals surface area contributed by atoms with Crippen molar-refractivity contribution in [2.24, 2.45) is 4.99 Å². The molecule has 0 radical (unpaired) electrons. The maximum atomic E-state index is 12.0. The predicted octanol–water partition coefficient (Wildman–Crippen LogP) is 2.76. The number of benzene rings is 2. The minimum Gasteiger partial charge on any atom is -0.402 e. The maximum absolute atomic E-state index is 12.0. The number of rotatable bonds is 5. The molecule has 0 saturated carbocycles. The van der Waals surface area contributed by atoms with Crippen LogP contribution in [-0.2, 0) is 9.53 Å². The van der Waals surface area contributed by atoms with Gasteiger partial charge in [0.15, 0.2) is 5.70 Å². The number of esters is 1. The highest BCUT2D eigenvalue weighted by Crippen LogP contribution is 2.28. The summed E-state index contributed by atoms with van der Waals surface area (Å²) < 4.78 is 4.99. The van der Waals surface area contributed by atoms with Gasteiger partial charge in [0.1, 0.15) is 0 Å². The SMILES string of the molecule is O=C1OC(c2ccc([N+](=O)[O-])cc2)=N/C1=C\c1ccc([N+](=O)[O-])cc1[N+](=O)[O-]. The van der Waals surface area contributed by atoms with Gasteiger partial charge in [-0.25, -0.2) is 9.79 Å². The summed E-state index contributed by atoms with van der Waals surface area (Å²) in [7, 11) is 0. The Labute approximate surface area is 154 Å². The van der Waals surface area contributed by atoms with E-state index in [9.17, 15) is 35.1 Å². The van der Waals surface area contributed by atoms with E-state index in [1.54, 1.807) is 0 Å². The number of ether oxygens (including phenoxy) is 1. The molecule has 0 aliphatic carbocycles. The summed E-state index contributed by atoms with van der Waals surface area (Å²) in [6.45, 7) is 0. The van der Waals surface area contributed by atoms with Gasteiger partial charge in [-0.1, -0.05) is 0 Å². The monoisotopic (exact) mass is 384 g/mol. The van der Waals surface area contributed by atoms with Gasteiger partial charge in [0.2, 0.25) is 5.90 Å². The Morgan fingerprint density at radius 1 is 0.857 bits per heavy atom. The number of aliphatic imine (C=N–C) groups is 1. The number of nitro groups is 3. The molecule has 1 heterocycles. The van der Waals surface area contributed by atoms with E-state index in [-0.39, 0.29) is 22.8 Å². The maximum Gasteiger partial charge on any atom is 0.363 e. The van der Waals surface area contributed by atoms with Crippen molar-refractivity contribution in [1.29, 1.82) is 0 Å². The van der Waals surface area contributed by atoms with Gasteiger partial charge in [-0.2, -0.15) is 0 Å². The van der Waals surface area contributed by atoms with E-state index >= 15 is 0 Å². The second-order valence-electron chi connectivity index (χ2n) is 5.40. The van der Waals surface area contributed by atoms with Crippen LogP contribution >= 0.6 is 0 Å². The number of nitro benzene ring substituents is 3. The zero-order valence-corrected chi connectivity index (χ0v) is 13.7. The van der Waals surface area contributed by atoms with Crippen molar-refractivity contribution in [2.75, 3.05) is 0 Å². The fourth-order valence-corrected chi connectivity index (χ4v) is 2.33. The summed E-state index contributed by atoms with van der Waals surface area (Å²) in [4.78, 5) is 46.4. The minimum atomic E-state index is -0.888. The molecular weight excluding hydrogens is 376 g/mol. The molecule has 0 saturated heterocycles. The van der Waals surface area contributed by atoms with Crippen LogP contribution in [0.3, 0.4) is 0 Å². The zero-order valence-electron chi connectivity index (χ0n) is 13.7.